The molecule has 0 aromatic heterocycles. The smallest absolute Gasteiger partial charge is 0.307 e. The molecule has 0 bridgehead atoms. The molecule has 0 aliphatic carbocycles. The van der Waals surface area contributed by atoms with Gasteiger partial charge in [0.2, 0.25) is 0 Å². The predicted octanol–water partition coefficient (Wildman–Crippen LogP) is 3.09. The van der Waals surface area contributed by atoms with E-state index in [9.17, 15) is 4.79 Å². The molecule has 0 aromatic carbocycles. The molecule has 1 N–H and O–H groups in total. The highest BCUT2D eigenvalue weighted by Crippen LogP contribution is 2.30. The van der Waals surface area contributed by atoms with E-state index >= 15 is 0 Å². The van der Waals surface area contributed by atoms with E-state index in [1.165, 1.54) is 0 Å². The average molecular weight is 184 g/mol. The van der Waals surface area contributed by atoms with Gasteiger partial charge in [0.05, 0.1) is 5.92 Å². The Kier molecular flexibility index (Phi) is 4.18. The Morgan fingerprint density at radius 1 is 1.46 bits per heavy atom. The van der Waals surface area contributed by atoms with Gasteiger partial charge in [0.25, 0.3) is 0 Å². The first kappa shape index (κ1) is 12.2. The summed E-state index contributed by atoms with van der Waals surface area (Å²) in [6, 6.07) is 0. The van der Waals surface area contributed by atoms with E-state index < -0.39 is 5.97 Å². The number of rotatable bonds is 4. The number of carboxylic acids is 1. The van der Waals surface area contributed by atoms with Crippen molar-refractivity contribution in [1.82, 2.24) is 0 Å². The third-order valence-corrected chi connectivity index (χ3v) is 2.20. The second-order valence-electron chi connectivity index (χ2n) is 4.75. The highest BCUT2D eigenvalue weighted by Gasteiger charge is 2.30. The van der Waals surface area contributed by atoms with Gasteiger partial charge in [0.15, 0.2) is 0 Å². The van der Waals surface area contributed by atoms with Crippen LogP contribution in [0.4, 0.5) is 0 Å². The van der Waals surface area contributed by atoms with Gasteiger partial charge in [-0.2, -0.15) is 0 Å². The summed E-state index contributed by atoms with van der Waals surface area (Å²) < 4.78 is 0. The third kappa shape index (κ3) is 4.71. The molecule has 1 atom stereocenters. The molecular weight excluding hydrogens is 164 g/mol. The van der Waals surface area contributed by atoms with E-state index in [4.69, 9.17) is 5.11 Å². The van der Waals surface area contributed by atoms with Crippen LogP contribution in [0.25, 0.3) is 0 Å². The quantitative estimate of drug-likeness (QED) is 0.682. The normalized spacial score (nSPS) is 13.8. The monoisotopic (exact) mass is 184 g/mol. The van der Waals surface area contributed by atoms with Crippen LogP contribution < -0.4 is 0 Å². The lowest BCUT2D eigenvalue weighted by Gasteiger charge is -2.26. The van der Waals surface area contributed by atoms with Gasteiger partial charge in [-0.15, -0.1) is 6.58 Å². The van der Waals surface area contributed by atoms with Crippen LogP contribution in [-0.2, 0) is 4.79 Å². The summed E-state index contributed by atoms with van der Waals surface area (Å²) in [5.41, 5.74) is 0.886. The SMILES string of the molecule is C=C(C)CCC(C(=O)O)C(C)(C)C. The molecule has 0 saturated heterocycles. The Bertz CT molecular complexity index is 199. The zero-order chi connectivity index (χ0) is 10.6. The fourth-order valence-corrected chi connectivity index (χ4v) is 1.32. The van der Waals surface area contributed by atoms with Crippen LogP contribution in [0, 0.1) is 11.3 Å². The van der Waals surface area contributed by atoms with Crippen molar-refractivity contribution in [3.8, 4) is 0 Å². The molecule has 76 valence electrons. The van der Waals surface area contributed by atoms with Gasteiger partial charge >= 0.3 is 5.97 Å². The predicted molar refractivity (Wildman–Crippen MR) is 54.6 cm³/mol. The molecule has 0 amide bonds. The topological polar surface area (TPSA) is 37.3 Å². The molecule has 0 rings (SSSR count). The molecule has 1 unspecified atom stereocenters. The molecule has 0 aliphatic heterocycles. The lowest BCUT2D eigenvalue weighted by molar-refractivity contribution is -0.145. The Hall–Kier alpha value is -0.790. The molecule has 0 spiro atoms. The van der Waals surface area contributed by atoms with E-state index in [0.29, 0.717) is 6.42 Å². The van der Waals surface area contributed by atoms with Crippen molar-refractivity contribution < 1.29 is 9.90 Å². The summed E-state index contributed by atoms with van der Waals surface area (Å²) in [7, 11) is 0. The van der Waals surface area contributed by atoms with Crippen LogP contribution in [0.3, 0.4) is 0 Å². The fraction of sp³-hybridized carbons (Fsp3) is 0.727. The number of aliphatic carboxylic acids is 1. The molecule has 0 saturated carbocycles. The Balaban J connectivity index is 4.28. The van der Waals surface area contributed by atoms with Gasteiger partial charge in [-0.25, -0.2) is 0 Å². The van der Waals surface area contributed by atoms with E-state index in [-0.39, 0.29) is 11.3 Å². The van der Waals surface area contributed by atoms with Crippen LogP contribution in [0.1, 0.15) is 40.5 Å². The first-order valence-electron chi connectivity index (χ1n) is 4.62. The molecule has 2 nitrogen and oxygen atoms in total. The van der Waals surface area contributed by atoms with E-state index in [2.05, 4.69) is 6.58 Å². The summed E-state index contributed by atoms with van der Waals surface area (Å²) in [5, 5.41) is 8.99. The van der Waals surface area contributed by atoms with Crippen molar-refractivity contribution in [2.45, 2.75) is 40.5 Å². The molecule has 13 heavy (non-hydrogen) atoms. The maximum Gasteiger partial charge on any atom is 0.307 e. The lowest BCUT2D eigenvalue weighted by atomic mass is 9.78. The van der Waals surface area contributed by atoms with Gasteiger partial charge in [0.1, 0.15) is 0 Å². The summed E-state index contributed by atoms with van der Waals surface area (Å²) >= 11 is 0. The minimum Gasteiger partial charge on any atom is -0.481 e. The van der Waals surface area contributed by atoms with Crippen LogP contribution in [-0.4, -0.2) is 11.1 Å². The average Bonchev–Trinajstić information content (AvgIpc) is 1.81. The van der Waals surface area contributed by atoms with Crippen LogP contribution in [0.2, 0.25) is 0 Å². The zero-order valence-corrected chi connectivity index (χ0v) is 9.05. The molecule has 2 heteroatoms. The standard InChI is InChI=1S/C11H20O2/c1-8(2)6-7-9(10(12)13)11(3,4)5/h9H,1,6-7H2,2-5H3,(H,12,13). The van der Waals surface area contributed by atoms with Crippen molar-refractivity contribution >= 4 is 5.97 Å². The molecule has 0 radical (unpaired) electrons. The highest BCUT2D eigenvalue weighted by atomic mass is 16.4. The lowest BCUT2D eigenvalue weighted by Crippen LogP contribution is -2.28. The van der Waals surface area contributed by atoms with Gasteiger partial charge < -0.3 is 5.11 Å². The number of hydrogen-bond acceptors (Lipinski definition) is 1. The number of hydrogen-bond donors (Lipinski definition) is 1. The van der Waals surface area contributed by atoms with Crippen molar-refractivity contribution in [3.63, 3.8) is 0 Å². The largest absolute Gasteiger partial charge is 0.481 e. The number of carbonyl (C=O) groups is 1. The minimum absolute atomic E-state index is 0.165. The third-order valence-electron chi connectivity index (χ3n) is 2.20. The van der Waals surface area contributed by atoms with Crippen molar-refractivity contribution in [2.24, 2.45) is 11.3 Å². The molecular formula is C11H20O2. The molecule has 0 aliphatic rings. The summed E-state index contributed by atoms with van der Waals surface area (Å²) in [6.07, 6.45) is 1.49. The molecule has 0 aromatic rings. The second-order valence-corrected chi connectivity index (χ2v) is 4.75. The summed E-state index contributed by atoms with van der Waals surface area (Å²) in [4.78, 5) is 10.9. The van der Waals surface area contributed by atoms with Crippen LogP contribution in [0.5, 0.6) is 0 Å². The number of carboxylic acid groups (broad SMARTS) is 1. The zero-order valence-electron chi connectivity index (χ0n) is 9.05. The van der Waals surface area contributed by atoms with Crippen LogP contribution >= 0.6 is 0 Å². The Labute approximate surface area is 80.7 Å². The Morgan fingerprint density at radius 3 is 2.15 bits per heavy atom. The minimum atomic E-state index is -0.700. The first-order chi connectivity index (χ1) is 5.75. The van der Waals surface area contributed by atoms with Gasteiger partial charge in [0, 0.05) is 0 Å². The van der Waals surface area contributed by atoms with E-state index in [1.807, 2.05) is 27.7 Å². The van der Waals surface area contributed by atoms with Crippen molar-refractivity contribution in [3.05, 3.63) is 12.2 Å². The van der Waals surface area contributed by atoms with Gasteiger partial charge in [-0.05, 0) is 25.2 Å². The highest BCUT2D eigenvalue weighted by molar-refractivity contribution is 5.70. The maximum absolute atomic E-state index is 10.9. The Morgan fingerprint density at radius 2 is 1.92 bits per heavy atom. The van der Waals surface area contributed by atoms with Crippen LogP contribution in [0.15, 0.2) is 12.2 Å². The maximum atomic E-state index is 10.9. The van der Waals surface area contributed by atoms with E-state index in [1.54, 1.807) is 0 Å². The first-order valence-corrected chi connectivity index (χ1v) is 4.62. The molecule has 0 fully saturated rings. The molecule has 0 heterocycles. The fourth-order valence-electron chi connectivity index (χ4n) is 1.32. The summed E-state index contributed by atoms with van der Waals surface area (Å²) in [6.45, 7) is 11.6. The number of allylic oxidation sites excluding steroid dienone is 1. The van der Waals surface area contributed by atoms with Gasteiger partial charge in [-0.1, -0.05) is 26.3 Å². The van der Waals surface area contributed by atoms with Gasteiger partial charge in [-0.3, -0.25) is 4.79 Å². The summed E-state index contributed by atoms with van der Waals surface area (Å²) in [5.74, 6) is -0.974. The second kappa shape index (κ2) is 4.45. The van der Waals surface area contributed by atoms with Crippen molar-refractivity contribution in [2.75, 3.05) is 0 Å². The van der Waals surface area contributed by atoms with Crippen molar-refractivity contribution in [1.29, 1.82) is 0 Å². The van der Waals surface area contributed by atoms with E-state index in [0.717, 1.165) is 12.0 Å².